The van der Waals surface area contributed by atoms with Crippen molar-refractivity contribution in [2.24, 2.45) is 0 Å². The predicted octanol–water partition coefficient (Wildman–Crippen LogP) is 4.34. The molecule has 0 spiro atoms. The average molecular weight is 379 g/mol. The molecule has 1 amide bonds. The number of aromatic nitrogens is 3. The molecule has 130 valence electrons. The van der Waals surface area contributed by atoms with Crippen molar-refractivity contribution in [1.82, 2.24) is 14.8 Å². The molecule has 1 aromatic carbocycles. The Hall–Kier alpha value is -2.31. The van der Waals surface area contributed by atoms with Gasteiger partial charge in [-0.1, -0.05) is 23.2 Å². The van der Waals surface area contributed by atoms with Crippen molar-refractivity contribution in [1.29, 1.82) is 0 Å². The largest absolute Gasteiger partial charge is 0.484 e. The smallest absolute Gasteiger partial charge is 0.262 e. The van der Waals surface area contributed by atoms with Gasteiger partial charge in [0.1, 0.15) is 5.75 Å². The number of rotatable bonds is 5. The third kappa shape index (κ3) is 4.03. The van der Waals surface area contributed by atoms with Crippen LogP contribution in [0.3, 0.4) is 0 Å². The zero-order valence-electron chi connectivity index (χ0n) is 13.7. The summed E-state index contributed by atoms with van der Waals surface area (Å²) in [6.07, 6.45) is 3.32. The van der Waals surface area contributed by atoms with Crippen LogP contribution >= 0.6 is 23.2 Å². The molecule has 0 aliphatic carbocycles. The van der Waals surface area contributed by atoms with Gasteiger partial charge in [0.2, 0.25) is 0 Å². The maximum Gasteiger partial charge on any atom is 0.262 e. The highest BCUT2D eigenvalue weighted by molar-refractivity contribution is 6.42. The Bertz CT molecular complexity index is 924. The molecule has 6 nitrogen and oxygen atoms in total. The number of halogens is 2. The van der Waals surface area contributed by atoms with E-state index in [0.717, 1.165) is 11.0 Å². The number of benzene rings is 1. The van der Waals surface area contributed by atoms with Gasteiger partial charge in [0.25, 0.3) is 5.91 Å². The Balaban J connectivity index is 1.64. The van der Waals surface area contributed by atoms with E-state index in [-0.39, 0.29) is 18.6 Å². The van der Waals surface area contributed by atoms with E-state index in [2.05, 4.69) is 15.4 Å². The van der Waals surface area contributed by atoms with Crippen LogP contribution in [0.15, 0.2) is 36.7 Å². The summed E-state index contributed by atoms with van der Waals surface area (Å²) in [7, 11) is 0. The topological polar surface area (TPSA) is 69.0 Å². The Morgan fingerprint density at radius 3 is 2.76 bits per heavy atom. The molecule has 0 aliphatic heterocycles. The summed E-state index contributed by atoms with van der Waals surface area (Å²) in [5.74, 6) is 0.166. The van der Waals surface area contributed by atoms with E-state index >= 15 is 0 Å². The molecule has 0 saturated carbocycles. The summed E-state index contributed by atoms with van der Waals surface area (Å²) >= 11 is 11.7. The first-order valence-electron chi connectivity index (χ1n) is 7.65. The van der Waals surface area contributed by atoms with E-state index < -0.39 is 0 Å². The van der Waals surface area contributed by atoms with Gasteiger partial charge in [0.05, 0.1) is 28.1 Å². The van der Waals surface area contributed by atoms with E-state index in [1.165, 1.54) is 0 Å². The number of hydrogen-bond donors (Lipinski definition) is 1. The number of hydrogen-bond acceptors (Lipinski definition) is 4. The van der Waals surface area contributed by atoms with Crippen LogP contribution in [0.1, 0.15) is 19.9 Å². The monoisotopic (exact) mass is 378 g/mol. The number of nitrogens with zero attached hydrogens (tertiary/aromatic N) is 3. The highest BCUT2D eigenvalue weighted by Gasteiger charge is 2.10. The van der Waals surface area contributed by atoms with Gasteiger partial charge < -0.3 is 10.1 Å². The molecule has 0 unspecified atom stereocenters. The summed E-state index contributed by atoms with van der Waals surface area (Å²) in [5, 5.41) is 8.71. The fraction of sp³-hybridized carbons (Fsp3) is 0.235. The highest BCUT2D eigenvalue weighted by Crippen LogP contribution is 2.26. The Morgan fingerprint density at radius 2 is 2.04 bits per heavy atom. The van der Waals surface area contributed by atoms with Crippen molar-refractivity contribution in [2.75, 3.05) is 11.9 Å². The lowest BCUT2D eigenvalue weighted by Gasteiger charge is -2.09. The lowest BCUT2D eigenvalue weighted by atomic mass is 10.3. The van der Waals surface area contributed by atoms with Crippen LogP contribution in [0, 0.1) is 0 Å². The van der Waals surface area contributed by atoms with Crippen LogP contribution in [-0.2, 0) is 4.79 Å². The minimum absolute atomic E-state index is 0.152. The molecule has 8 heteroatoms. The van der Waals surface area contributed by atoms with Gasteiger partial charge in [0, 0.05) is 17.5 Å². The lowest BCUT2D eigenvalue weighted by Crippen LogP contribution is -2.20. The standard InChI is InChI=1S/C17H16Cl2N4O2/c1-10(2)23-17-11(7-21-23)5-12(8-20-17)22-16(24)9-25-13-3-4-14(18)15(19)6-13/h3-8,10H,9H2,1-2H3,(H,22,24). The molecule has 25 heavy (non-hydrogen) atoms. The minimum atomic E-state index is -0.302. The SMILES string of the molecule is CC(C)n1ncc2cc(NC(=O)COc3ccc(Cl)c(Cl)c3)cnc21. The number of pyridine rings is 1. The summed E-state index contributed by atoms with van der Waals surface area (Å²) < 4.78 is 7.23. The first-order valence-corrected chi connectivity index (χ1v) is 8.40. The fourth-order valence-corrected chi connectivity index (χ4v) is 2.59. The van der Waals surface area contributed by atoms with E-state index in [1.807, 2.05) is 24.6 Å². The number of ether oxygens (including phenoxy) is 1. The molecule has 0 aliphatic rings. The predicted molar refractivity (Wildman–Crippen MR) is 98.5 cm³/mol. The summed E-state index contributed by atoms with van der Waals surface area (Å²) in [5.41, 5.74) is 1.36. The van der Waals surface area contributed by atoms with E-state index in [9.17, 15) is 4.79 Å². The highest BCUT2D eigenvalue weighted by atomic mass is 35.5. The van der Waals surface area contributed by atoms with Crippen LogP contribution in [0.2, 0.25) is 10.0 Å². The number of carbonyl (C=O) groups is 1. The molecule has 1 N–H and O–H groups in total. The van der Waals surface area contributed by atoms with Crippen LogP contribution in [-0.4, -0.2) is 27.3 Å². The number of amides is 1. The summed E-state index contributed by atoms with van der Waals surface area (Å²) in [6, 6.07) is 6.86. The Labute approximate surface area is 154 Å². The van der Waals surface area contributed by atoms with Crippen LogP contribution in [0.4, 0.5) is 5.69 Å². The number of carbonyl (C=O) groups excluding carboxylic acids is 1. The quantitative estimate of drug-likeness (QED) is 0.716. The van der Waals surface area contributed by atoms with Gasteiger partial charge in [-0.3, -0.25) is 4.79 Å². The lowest BCUT2D eigenvalue weighted by molar-refractivity contribution is -0.118. The van der Waals surface area contributed by atoms with Gasteiger partial charge in [-0.2, -0.15) is 5.10 Å². The number of anilines is 1. The Morgan fingerprint density at radius 1 is 1.24 bits per heavy atom. The molecule has 3 rings (SSSR count). The van der Waals surface area contributed by atoms with Gasteiger partial charge in [0.15, 0.2) is 12.3 Å². The third-order valence-corrected chi connectivity index (χ3v) is 4.21. The summed E-state index contributed by atoms with van der Waals surface area (Å²) in [4.78, 5) is 16.4. The second kappa shape index (κ2) is 7.29. The zero-order valence-corrected chi connectivity index (χ0v) is 15.2. The maximum absolute atomic E-state index is 12.0. The molecule has 0 radical (unpaired) electrons. The van der Waals surface area contributed by atoms with Gasteiger partial charge in [-0.25, -0.2) is 9.67 Å². The second-order valence-electron chi connectivity index (χ2n) is 5.73. The second-order valence-corrected chi connectivity index (χ2v) is 6.55. The Kier molecular flexibility index (Phi) is 5.11. The van der Waals surface area contributed by atoms with E-state index in [1.54, 1.807) is 30.6 Å². The molecule has 2 heterocycles. The van der Waals surface area contributed by atoms with Crippen molar-refractivity contribution in [3.63, 3.8) is 0 Å². The average Bonchev–Trinajstić information content (AvgIpc) is 2.99. The first-order chi connectivity index (χ1) is 11.9. The van der Waals surface area contributed by atoms with Crippen molar-refractivity contribution in [3.8, 4) is 5.75 Å². The first kappa shape index (κ1) is 17.5. The normalized spacial score (nSPS) is 11.1. The van der Waals surface area contributed by atoms with Gasteiger partial charge in [-0.05, 0) is 32.0 Å². The molecule has 0 saturated heterocycles. The van der Waals surface area contributed by atoms with Crippen LogP contribution in [0.25, 0.3) is 11.0 Å². The molecule has 0 bridgehead atoms. The summed E-state index contributed by atoms with van der Waals surface area (Å²) in [6.45, 7) is 3.91. The van der Waals surface area contributed by atoms with E-state index in [4.69, 9.17) is 27.9 Å². The molecular weight excluding hydrogens is 363 g/mol. The van der Waals surface area contributed by atoms with Crippen LogP contribution in [0.5, 0.6) is 5.75 Å². The molecule has 0 atom stereocenters. The van der Waals surface area contributed by atoms with Gasteiger partial charge in [-0.15, -0.1) is 0 Å². The fourth-order valence-electron chi connectivity index (χ4n) is 2.30. The molecule has 2 aromatic heterocycles. The number of nitrogens with one attached hydrogen (secondary N) is 1. The molecular formula is C17H16Cl2N4O2. The molecule has 0 fully saturated rings. The molecule has 3 aromatic rings. The van der Waals surface area contributed by atoms with Crippen molar-refractivity contribution < 1.29 is 9.53 Å². The van der Waals surface area contributed by atoms with Crippen LogP contribution < -0.4 is 10.1 Å². The third-order valence-electron chi connectivity index (χ3n) is 3.47. The van der Waals surface area contributed by atoms with E-state index in [0.29, 0.717) is 21.5 Å². The van der Waals surface area contributed by atoms with Crippen molar-refractivity contribution in [3.05, 3.63) is 46.7 Å². The van der Waals surface area contributed by atoms with Gasteiger partial charge >= 0.3 is 0 Å². The number of fused-ring (bicyclic) bond motifs is 1. The van der Waals surface area contributed by atoms with Crippen molar-refractivity contribution >= 4 is 45.8 Å². The minimum Gasteiger partial charge on any atom is -0.484 e. The zero-order chi connectivity index (χ0) is 18.0. The maximum atomic E-state index is 12.0. The van der Waals surface area contributed by atoms with Crippen molar-refractivity contribution in [2.45, 2.75) is 19.9 Å².